The monoisotopic (exact) mass is 382 g/mol. The van der Waals surface area contributed by atoms with E-state index in [4.69, 9.17) is 4.74 Å². The molecule has 0 heterocycles. The molecule has 4 nitrogen and oxygen atoms in total. The normalized spacial score (nSPS) is 13.3. The van der Waals surface area contributed by atoms with Crippen molar-refractivity contribution in [1.29, 1.82) is 0 Å². The molecule has 2 aromatic carbocycles. The largest absolute Gasteiger partial charge is 0.507 e. The molecule has 4 heteroatoms. The summed E-state index contributed by atoms with van der Waals surface area (Å²) in [6.07, 6.45) is 6.02. The number of nitrogens with one attached hydrogen (secondary N) is 2. The molecule has 0 bridgehead atoms. The summed E-state index contributed by atoms with van der Waals surface area (Å²) in [5, 5.41) is 17.0. The standard InChI is InChI=1S/C24H34N2O2/c1-6-24(4,21-17-20(28-5)13-14-22(21)26-8-3)15-9-10-18-11-12-19(25-7-2)16-23(18)27/h9-14,16-17,25-27H,6-8,15H2,1-5H3/b10-9+. The minimum Gasteiger partial charge on any atom is -0.507 e. The molecule has 0 radical (unpaired) electrons. The second-order valence-corrected chi connectivity index (χ2v) is 7.27. The second-order valence-electron chi connectivity index (χ2n) is 7.27. The van der Waals surface area contributed by atoms with E-state index in [1.54, 1.807) is 13.2 Å². The van der Waals surface area contributed by atoms with Gasteiger partial charge < -0.3 is 20.5 Å². The number of methoxy groups -OCH3 is 1. The quantitative estimate of drug-likeness (QED) is 0.469. The topological polar surface area (TPSA) is 53.5 Å². The molecular formula is C24H34N2O2. The third-order valence-electron chi connectivity index (χ3n) is 5.30. The molecule has 0 spiro atoms. The molecule has 3 N–H and O–H groups in total. The van der Waals surface area contributed by atoms with E-state index >= 15 is 0 Å². The van der Waals surface area contributed by atoms with Crippen LogP contribution in [0.3, 0.4) is 0 Å². The van der Waals surface area contributed by atoms with Crippen LogP contribution in [0.1, 0.15) is 51.7 Å². The van der Waals surface area contributed by atoms with Gasteiger partial charge in [-0.15, -0.1) is 0 Å². The third kappa shape index (κ3) is 5.22. The lowest BCUT2D eigenvalue weighted by molar-refractivity contribution is 0.409. The summed E-state index contributed by atoms with van der Waals surface area (Å²) in [6.45, 7) is 10.3. The van der Waals surface area contributed by atoms with Gasteiger partial charge in [-0.25, -0.2) is 0 Å². The maximum atomic E-state index is 10.3. The number of rotatable bonds is 10. The fourth-order valence-corrected chi connectivity index (χ4v) is 3.38. The van der Waals surface area contributed by atoms with E-state index in [0.29, 0.717) is 5.75 Å². The smallest absolute Gasteiger partial charge is 0.124 e. The molecule has 0 aromatic heterocycles. The zero-order valence-corrected chi connectivity index (χ0v) is 17.8. The van der Waals surface area contributed by atoms with Crippen LogP contribution in [0.15, 0.2) is 42.5 Å². The van der Waals surface area contributed by atoms with Gasteiger partial charge in [-0.05, 0) is 68.0 Å². The van der Waals surface area contributed by atoms with Gasteiger partial charge in [-0.3, -0.25) is 0 Å². The average Bonchev–Trinajstić information content (AvgIpc) is 2.70. The predicted molar refractivity (Wildman–Crippen MR) is 121 cm³/mol. The highest BCUT2D eigenvalue weighted by Crippen LogP contribution is 2.39. The van der Waals surface area contributed by atoms with E-state index in [0.717, 1.165) is 48.6 Å². The van der Waals surface area contributed by atoms with E-state index in [9.17, 15) is 5.11 Å². The number of benzene rings is 2. The van der Waals surface area contributed by atoms with Crippen molar-refractivity contribution in [2.45, 2.75) is 46.0 Å². The summed E-state index contributed by atoms with van der Waals surface area (Å²) in [4.78, 5) is 0. The molecule has 0 saturated heterocycles. The molecular weight excluding hydrogens is 348 g/mol. The summed E-state index contributed by atoms with van der Waals surface area (Å²) < 4.78 is 5.46. The van der Waals surface area contributed by atoms with Gasteiger partial charge in [0.25, 0.3) is 0 Å². The zero-order chi connectivity index (χ0) is 20.6. The highest BCUT2D eigenvalue weighted by molar-refractivity contribution is 5.63. The van der Waals surface area contributed by atoms with Crippen LogP contribution in [-0.4, -0.2) is 25.3 Å². The molecule has 2 rings (SSSR count). The number of hydrogen-bond donors (Lipinski definition) is 3. The Morgan fingerprint density at radius 1 is 1.04 bits per heavy atom. The first kappa shape index (κ1) is 21.7. The van der Waals surface area contributed by atoms with Gasteiger partial charge in [0.15, 0.2) is 0 Å². The lowest BCUT2D eigenvalue weighted by Gasteiger charge is -2.30. The SMILES string of the molecule is CCNc1ccc(/C=C/CC(C)(CC)c2cc(OC)ccc2NCC)c(O)c1. The first-order valence-electron chi connectivity index (χ1n) is 10.1. The number of allylic oxidation sites excluding steroid dienone is 1. The zero-order valence-electron chi connectivity index (χ0n) is 17.8. The van der Waals surface area contributed by atoms with Gasteiger partial charge in [-0.1, -0.05) is 26.0 Å². The maximum Gasteiger partial charge on any atom is 0.124 e. The van der Waals surface area contributed by atoms with Crippen LogP contribution in [0, 0.1) is 0 Å². The first-order valence-corrected chi connectivity index (χ1v) is 10.1. The van der Waals surface area contributed by atoms with Gasteiger partial charge in [0.1, 0.15) is 11.5 Å². The number of aromatic hydroxyl groups is 1. The van der Waals surface area contributed by atoms with E-state index in [2.05, 4.69) is 49.6 Å². The van der Waals surface area contributed by atoms with Crippen LogP contribution in [0.5, 0.6) is 11.5 Å². The van der Waals surface area contributed by atoms with Gasteiger partial charge in [0, 0.05) is 36.1 Å². The lowest BCUT2D eigenvalue weighted by atomic mass is 9.76. The minimum atomic E-state index is -0.0398. The Labute approximate surface area is 169 Å². The Kier molecular flexibility index (Phi) is 7.80. The number of hydrogen-bond acceptors (Lipinski definition) is 4. The highest BCUT2D eigenvalue weighted by atomic mass is 16.5. The van der Waals surface area contributed by atoms with Crippen molar-refractivity contribution in [1.82, 2.24) is 0 Å². The molecule has 0 aliphatic rings. The van der Waals surface area contributed by atoms with Crippen LogP contribution in [-0.2, 0) is 5.41 Å². The van der Waals surface area contributed by atoms with Gasteiger partial charge in [0.2, 0.25) is 0 Å². The Morgan fingerprint density at radius 3 is 2.39 bits per heavy atom. The molecule has 0 fully saturated rings. The second kappa shape index (κ2) is 10.1. The Bertz CT molecular complexity index is 801. The van der Waals surface area contributed by atoms with Crippen molar-refractivity contribution in [3.63, 3.8) is 0 Å². The number of anilines is 2. The van der Waals surface area contributed by atoms with Crippen LogP contribution in [0.4, 0.5) is 11.4 Å². The van der Waals surface area contributed by atoms with E-state index in [1.807, 2.05) is 31.2 Å². The van der Waals surface area contributed by atoms with Gasteiger partial charge in [0.05, 0.1) is 7.11 Å². The molecule has 0 aliphatic heterocycles. The fourth-order valence-electron chi connectivity index (χ4n) is 3.38. The summed E-state index contributed by atoms with van der Waals surface area (Å²) in [5.74, 6) is 1.17. The number of phenols is 1. The van der Waals surface area contributed by atoms with Crippen molar-refractivity contribution >= 4 is 17.5 Å². The summed E-state index contributed by atoms with van der Waals surface area (Å²) in [7, 11) is 1.70. The average molecular weight is 383 g/mol. The maximum absolute atomic E-state index is 10.3. The van der Waals surface area contributed by atoms with Gasteiger partial charge in [-0.2, -0.15) is 0 Å². The molecule has 0 saturated carbocycles. The Morgan fingerprint density at radius 2 is 1.79 bits per heavy atom. The minimum absolute atomic E-state index is 0.0398. The van der Waals surface area contributed by atoms with Crippen molar-refractivity contribution in [3.8, 4) is 11.5 Å². The predicted octanol–water partition coefficient (Wildman–Crippen LogP) is 6.04. The molecule has 2 aromatic rings. The van der Waals surface area contributed by atoms with Gasteiger partial charge >= 0.3 is 0 Å². The summed E-state index contributed by atoms with van der Waals surface area (Å²) in [5.41, 5.74) is 4.13. The summed E-state index contributed by atoms with van der Waals surface area (Å²) in [6, 6.07) is 11.9. The number of ether oxygens (including phenoxy) is 1. The van der Waals surface area contributed by atoms with E-state index in [-0.39, 0.29) is 5.41 Å². The Balaban J connectivity index is 2.26. The van der Waals surface area contributed by atoms with E-state index in [1.165, 1.54) is 5.56 Å². The van der Waals surface area contributed by atoms with Crippen molar-refractivity contribution in [3.05, 3.63) is 53.6 Å². The van der Waals surface area contributed by atoms with Crippen LogP contribution in [0.25, 0.3) is 6.08 Å². The van der Waals surface area contributed by atoms with Crippen molar-refractivity contribution in [2.75, 3.05) is 30.8 Å². The van der Waals surface area contributed by atoms with Crippen molar-refractivity contribution < 1.29 is 9.84 Å². The van der Waals surface area contributed by atoms with Crippen LogP contribution in [0.2, 0.25) is 0 Å². The third-order valence-corrected chi connectivity index (χ3v) is 5.30. The Hall–Kier alpha value is -2.62. The first-order chi connectivity index (χ1) is 13.5. The molecule has 1 atom stereocenters. The molecule has 1 unspecified atom stereocenters. The molecule has 152 valence electrons. The lowest BCUT2D eigenvalue weighted by Crippen LogP contribution is -2.22. The molecule has 0 aliphatic carbocycles. The molecule has 28 heavy (non-hydrogen) atoms. The van der Waals surface area contributed by atoms with E-state index < -0.39 is 0 Å². The summed E-state index contributed by atoms with van der Waals surface area (Å²) >= 11 is 0. The highest BCUT2D eigenvalue weighted by Gasteiger charge is 2.26. The van der Waals surface area contributed by atoms with Crippen molar-refractivity contribution in [2.24, 2.45) is 0 Å². The van der Waals surface area contributed by atoms with Crippen LogP contribution >= 0.6 is 0 Å². The van der Waals surface area contributed by atoms with Crippen LogP contribution < -0.4 is 15.4 Å². The fraction of sp³-hybridized carbons (Fsp3) is 0.417. The molecule has 0 amide bonds. The number of phenolic OH excluding ortho intramolecular Hbond substituents is 1.